The zero-order chi connectivity index (χ0) is 12.2. The first-order valence-corrected chi connectivity index (χ1v) is 10.0. The highest BCUT2D eigenvalue weighted by atomic mass is 28.3. The quantitative estimate of drug-likeness (QED) is 0.527. The molecule has 0 fully saturated rings. The topological polar surface area (TPSA) is 0 Å². The maximum Gasteiger partial charge on any atom is 0.0776 e. The van der Waals surface area contributed by atoms with Crippen molar-refractivity contribution in [2.24, 2.45) is 0 Å². The summed E-state index contributed by atoms with van der Waals surface area (Å²) in [5.74, 6) is 0. The van der Waals surface area contributed by atoms with Gasteiger partial charge in [0.05, 0.1) is 8.07 Å². The molecule has 0 heterocycles. The van der Waals surface area contributed by atoms with E-state index in [1.165, 1.54) is 31.2 Å². The molecule has 16 heavy (non-hydrogen) atoms. The number of aryl methyl sites for hydroxylation is 2. The van der Waals surface area contributed by atoms with Gasteiger partial charge >= 0.3 is 0 Å². The zero-order valence-corrected chi connectivity index (χ0v) is 12.6. The summed E-state index contributed by atoms with van der Waals surface area (Å²) in [7, 11) is -1.14. The van der Waals surface area contributed by atoms with Crippen LogP contribution in [-0.2, 0) is 6.42 Å². The van der Waals surface area contributed by atoms with Crippen molar-refractivity contribution in [2.75, 3.05) is 0 Å². The molecule has 0 aliphatic carbocycles. The highest BCUT2D eigenvalue weighted by Gasteiger charge is 2.16. The molecule has 0 spiro atoms. The normalized spacial score (nSPS) is 11.8. The van der Waals surface area contributed by atoms with E-state index in [1.807, 2.05) is 0 Å². The second kappa shape index (κ2) is 5.67. The van der Waals surface area contributed by atoms with E-state index in [0.29, 0.717) is 0 Å². The van der Waals surface area contributed by atoms with Crippen molar-refractivity contribution in [3.05, 3.63) is 29.3 Å². The number of benzene rings is 1. The molecule has 0 unspecified atom stereocenters. The summed E-state index contributed by atoms with van der Waals surface area (Å²) < 4.78 is 0. The van der Waals surface area contributed by atoms with E-state index < -0.39 is 8.07 Å². The van der Waals surface area contributed by atoms with Gasteiger partial charge in [-0.05, 0) is 25.3 Å². The van der Waals surface area contributed by atoms with Crippen LogP contribution >= 0.6 is 0 Å². The summed E-state index contributed by atoms with van der Waals surface area (Å²) in [6.07, 6.45) is 5.26. The number of hydrogen-bond acceptors (Lipinski definition) is 0. The molecule has 90 valence electrons. The van der Waals surface area contributed by atoms with E-state index >= 15 is 0 Å². The SMILES string of the molecule is CCCCCc1cc(C)cc([Si](C)(C)C)c1. The van der Waals surface area contributed by atoms with Crippen LogP contribution in [0.15, 0.2) is 18.2 Å². The van der Waals surface area contributed by atoms with Crippen molar-refractivity contribution in [1.29, 1.82) is 0 Å². The second-order valence-corrected chi connectivity index (χ2v) is 11.0. The van der Waals surface area contributed by atoms with Crippen LogP contribution in [0.2, 0.25) is 19.6 Å². The Morgan fingerprint density at radius 2 is 1.69 bits per heavy atom. The molecule has 1 aromatic carbocycles. The fourth-order valence-electron chi connectivity index (χ4n) is 2.02. The Kier molecular flexibility index (Phi) is 4.79. The van der Waals surface area contributed by atoms with E-state index in [4.69, 9.17) is 0 Å². The molecule has 0 amide bonds. The van der Waals surface area contributed by atoms with E-state index in [0.717, 1.165) is 0 Å². The molecule has 0 saturated carbocycles. The maximum atomic E-state index is 2.45. The standard InChI is InChI=1S/C15H26Si/c1-6-7-8-9-14-10-13(2)11-15(12-14)16(3,4)5/h10-12H,6-9H2,1-5H3. The molecular weight excluding hydrogens is 208 g/mol. The van der Waals surface area contributed by atoms with Crippen LogP contribution in [0.1, 0.15) is 37.3 Å². The molecule has 0 aliphatic heterocycles. The minimum atomic E-state index is -1.14. The van der Waals surface area contributed by atoms with Gasteiger partial charge in [-0.2, -0.15) is 0 Å². The molecule has 0 bridgehead atoms. The van der Waals surface area contributed by atoms with Gasteiger partial charge in [-0.25, -0.2) is 0 Å². The third kappa shape index (κ3) is 4.13. The largest absolute Gasteiger partial charge is 0.0776 e. The molecule has 0 aromatic heterocycles. The fourth-order valence-corrected chi connectivity index (χ4v) is 3.30. The number of rotatable bonds is 5. The van der Waals surface area contributed by atoms with Gasteiger partial charge in [0.1, 0.15) is 0 Å². The van der Waals surface area contributed by atoms with E-state index in [9.17, 15) is 0 Å². The van der Waals surface area contributed by atoms with E-state index in [1.54, 1.807) is 10.8 Å². The molecule has 1 rings (SSSR count). The highest BCUT2D eigenvalue weighted by molar-refractivity contribution is 6.88. The summed E-state index contributed by atoms with van der Waals surface area (Å²) >= 11 is 0. The third-order valence-corrected chi connectivity index (χ3v) is 5.09. The molecular formula is C15H26Si. The Morgan fingerprint density at radius 3 is 2.25 bits per heavy atom. The lowest BCUT2D eigenvalue weighted by Gasteiger charge is -2.18. The zero-order valence-electron chi connectivity index (χ0n) is 11.6. The highest BCUT2D eigenvalue weighted by Crippen LogP contribution is 2.11. The molecule has 1 aromatic rings. The lowest BCUT2D eigenvalue weighted by molar-refractivity contribution is 0.717. The summed E-state index contributed by atoms with van der Waals surface area (Å²) in [6.45, 7) is 11.8. The predicted molar refractivity (Wildman–Crippen MR) is 77.4 cm³/mol. The van der Waals surface area contributed by atoms with Crippen LogP contribution < -0.4 is 5.19 Å². The summed E-state index contributed by atoms with van der Waals surface area (Å²) in [5.41, 5.74) is 2.98. The van der Waals surface area contributed by atoms with E-state index in [-0.39, 0.29) is 0 Å². The van der Waals surface area contributed by atoms with Crippen LogP contribution in [0.5, 0.6) is 0 Å². The molecule has 0 atom stereocenters. The molecule has 0 N–H and O–H groups in total. The van der Waals surface area contributed by atoms with Crippen LogP contribution in [0.3, 0.4) is 0 Å². The van der Waals surface area contributed by atoms with Gasteiger partial charge in [0.25, 0.3) is 0 Å². The summed E-state index contributed by atoms with van der Waals surface area (Å²) in [6, 6.07) is 7.20. The lowest BCUT2D eigenvalue weighted by Crippen LogP contribution is -2.37. The van der Waals surface area contributed by atoms with Gasteiger partial charge in [0.15, 0.2) is 0 Å². The van der Waals surface area contributed by atoms with Crippen molar-refractivity contribution in [3.63, 3.8) is 0 Å². The molecule has 0 saturated heterocycles. The first-order chi connectivity index (χ1) is 7.43. The van der Waals surface area contributed by atoms with Crippen molar-refractivity contribution in [2.45, 2.75) is 59.2 Å². The van der Waals surface area contributed by atoms with Gasteiger partial charge in [-0.3, -0.25) is 0 Å². The first-order valence-electron chi connectivity index (χ1n) is 6.54. The Balaban J connectivity index is 2.82. The Bertz CT molecular complexity index is 334. The van der Waals surface area contributed by atoms with Crippen molar-refractivity contribution in [1.82, 2.24) is 0 Å². The van der Waals surface area contributed by atoms with E-state index in [2.05, 4.69) is 51.7 Å². The molecule has 0 nitrogen and oxygen atoms in total. The van der Waals surface area contributed by atoms with Crippen LogP contribution in [0.25, 0.3) is 0 Å². The Hall–Kier alpha value is -0.563. The smallest absolute Gasteiger partial charge is 0.0656 e. The fraction of sp³-hybridized carbons (Fsp3) is 0.600. The van der Waals surface area contributed by atoms with Gasteiger partial charge in [-0.1, -0.05) is 68.4 Å². The summed E-state index contributed by atoms with van der Waals surface area (Å²) in [5, 5.41) is 1.61. The minimum absolute atomic E-state index is 1.14. The number of hydrogen-bond donors (Lipinski definition) is 0. The first kappa shape index (κ1) is 13.5. The lowest BCUT2D eigenvalue weighted by atomic mass is 10.1. The van der Waals surface area contributed by atoms with Gasteiger partial charge in [-0.15, -0.1) is 0 Å². The average molecular weight is 234 g/mol. The van der Waals surface area contributed by atoms with Crippen molar-refractivity contribution in [3.8, 4) is 0 Å². The maximum absolute atomic E-state index is 2.45. The number of unbranched alkanes of at least 4 members (excludes halogenated alkanes) is 2. The van der Waals surface area contributed by atoms with Gasteiger partial charge in [0, 0.05) is 0 Å². The van der Waals surface area contributed by atoms with Gasteiger partial charge in [0.2, 0.25) is 0 Å². The van der Waals surface area contributed by atoms with Crippen LogP contribution in [-0.4, -0.2) is 8.07 Å². The van der Waals surface area contributed by atoms with Gasteiger partial charge < -0.3 is 0 Å². The predicted octanol–water partition coefficient (Wildman–Crippen LogP) is 4.27. The average Bonchev–Trinajstić information content (AvgIpc) is 2.16. The Morgan fingerprint density at radius 1 is 1.00 bits per heavy atom. The van der Waals surface area contributed by atoms with Crippen LogP contribution in [0, 0.1) is 6.92 Å². The summed E-state index contributed by atoms with van der Waals surface area (Å²) in [4.78, 5) is 0. The molecule has 1 heteroatoms. The second-order valence-electron chi connectivity index (χ2n) is 5.91. The minimum Gasteiger partial charge on any atom is -0.0656 e. The molecule has 0 radical (unpaired) electrons. The third-order valence-electron chi connectivity index (χ3n) is 3.07. The monoisotopic (exact) mass is 234 g/mol. The Labute approximate surface area is 102 Å². The van der Waals surface area contributed by atoms with Crippen LogP contribution in [0.4, 0.5) is 0 Å². The van der Waals surface area contributed by atoms with Crippen molar-refractivity contribution < 1.29 is 0 Å². The molecule has 0 aliphatic rings. The van der Waals surface area contributed by atoms with Crippen molar-refractivity contribution >= 4 is 13.3 Å².